The van der Waals surface area contributed by atoms with Gasteiger partial charge in [0, 0.05) is 23.8 Å². The van der Waals surface area contributed by atoms with Gasteiger partial charge in [0.25, 0.3) is 17.5 Å². The van der Waals surface area contributed by atoms with Crippen molar-refractivity contribution in [1.29, 1.82) is 0 Å². The zero-order chi connectivity index (χ0) is 15.9. The number of non-ortho nitro benzene ring substituents is 1. The largest absolute Gasteiger partial charge is 0.465 e. The first-order chi connectivity index (χ1) is 10.6. The summed E-state index contributed by atoms with van der Waals surface area (Å²) in [5, 5.41) is 10.5. The number of carbonyl (C=O) groups is 2. The molecule has 0 aliphatic rings. The number of furan rings is 1. The molecule has 8 nitrogen and oxygen atoms in total. The lowest BCUT2D eigenvalue weighted by Crippen LogP contribution is -2.40. The number of carbonyl (C=O) groups excluding carboxylic acids is 2. The smallest absolute Gasteiger partial charge is 0.269 e. The van der Waals surface area contributed by atoms with Crippen LogP contribution in [0.25, 0.3) is 6.08 Å². The standard InChI is InChI=1S/C14H11N3O5/c18-13(8-7-12-2-1-9-22-12)15-16-14(19)10-3-5-11(6-4-10)17(20)21/h1-9H,(H,15,18)(H,16,19)/b8-7+. The third-order valence-corrected chi connectivity index (χ3v) is 2.58. The third-order valence-electron chi connectivity index (χ3n) is 2.58. The first-order valence-electron chi connectivity index (χ1n) is 6.12. The molecule has 0 fully saturated rings. The van der Waals surface area contributed by atoms with Gasteiger partial charge in [0.05, 0.1) is 11.2 Å². The first kappa shape index (κ1) is 15.0. The maximum atomic E-state index is 11.7. The van der Waals surface area contributed by atoms with Crippen molar-refractivity contribution in [3.8, 4) is 0 Å². The Morgan fingerprint density at radius 3 is 2.45 bits per heavy atom. The summed E-state index contributed by atoms with van der Waals surface area (Å²) in [6.07, 6.45) is 4.09. The van der Waals surface area contributed by atoms with Gasteiger partial charge in [0.2, 0.25) is 0 Å². The number of benzene rings is 1. The van der Waals surface area contributed by atoms with Crippen molar-refractivity contribution in [2.45, 2.75) is 0 Å². The Hall–Kier alpha value is -3.42. The van der Waals surface area contributed by atoms with Gasteiger partial charge in [-0.1, -0.05) is 0 Å². The van der Waals surface area contributed by atoms with Gasteiger partial charge in [-0.3, -0.25) is 30.6 Å². The topological polar surface area (TPSA) is 114 Å². The Morgan fingerprint density at radius 2 is 1.86 bits per heavy atom. The van der Waals surface area contributed by atoms with Crippen molar-refractivity contribution in [2.75, 3.05) is 0 Å². The van der Waals surface area contributed by atoms with Crippen LogP contribution in [0.15, 0.2) is 53.2 Å². The summed E-state index contributed by atoms with van der Waals surface area (Å²) in [6.45, 7) is 0. The lowest BCUT2D eigenvalue weighted by atomic mass is 10.2. The molecule has 0 saturated heterocycles. The van der Waals surface area contributed by atoms with Gasteiger partial charge in [-0.15, -0.1) is 0 Å². The lowest BCUT2D eigenvalue weighted by molar-refractivity contribution is -0.384. The highest BCUT2D eigenvalue weighted by molar-refractivity contribution is 5.97. The molecular formula is C14H11N3O5. The van der Waals surface area contributed by atoms with E-state index in [1.54, 1.807) is 12.1 Å². The van der Waals surface area contributed by atoms with E-state index in [1.165, 1.54) is 42.7 Å². The average Bonchev–Trinajstić information content (AvgIpc) is 3.04. The average molecular weight is 301 g/mol. The molecule has 0 bridgehead atoms. The summed E-state index contributed by atoms with van der Waals surface area (Å²) < 4.78 is 5.00. The van der Waals surface area contributed by atoms with E-state index in [2.05, 4.69) is 10.9 Å². The van der Waals surface area contributed by atoms with Crippen LogP contribution in [0.2, 0.25) is 0 Å². The molecule has 0 unspecified atom stereocenters. The molecular weight excluding hydrogens is 290 g/mol. The summed E-state index contributed by atoms with van der Waals surface area (Å²) in [4.78, 5) is 33.1. The molecule has 1 aromatic carbocycles. The highest BCUT2D eigenvalue weighted by atomic mass is 16.6. The second-order valence-corrected chi connectivity index (χ2v) is 4.10. The fraction of sp³-hybridized carbons (Fsp3) is 0. The normalized spacial score (nSPS) is 10.4. The van der Waals surface area contributed by atoms with E-state index in [0.717, 1.165) is 0 Å². The van der Waals surface area contributed by atoms with E-state index in [1.807, 2.05) is 0 Å². The van der Waals surface area contributed by atoms with Gasteiger partial charge in [-0.2, -0.15) is 0 Å². The van der Waals surface area contributed by atoms with Crippen LogP contribution in [-0.4, -0.2) is 16.7 Å². The van der Waals surface area contributed by atoms with E-state index >= 15 is 0 Å². The van der Waals surface area contributed by atoms with Crippen LogP contribution in [0, 0.1) is 10.1 Å². The van der Waals surface area contributed by atoms with Crippen molar-refractivity contribution in [3.05, 3.63) is 70.2 Å². The summed E-state index contributed by atoms with van der Waals surface area (Å²) in [5.74, 6) is -0.641. The number of nitro groups is 1. The summed E-state index contributed by atoms with van der Waals surface area (Å²) >= 11 is 0. The van der Waals surface area contributed by atoms with Crippen LogP contribution < -0.4 is 10.9 Å². The molecule has 0 aliphatic carbocycles. The fourth-order valence-corrected chi connectivity index (χ4v) is 1.51. The van der Waals surface area contributed by atoms with E-state index in [-0.39, 0.29) is 11.3 Å². The number of hydrogen-bond acceptors (Lipinski definition) is 5. The van der Waals surface area contributed by atoms with Gasteiger partial charge < -0.3 is 4.42 Å². The molecule has 0 saturated carbocycles. The molecule has 8 heteroatoms. The molecule has 2 amide bonds. The highest BCUT2D eigenvalue weighted by Crippen LogP contribution is 2.11. The first-order valence-corrected chi connectivity index (χ1v) is 6.12. The second kappa shape index (κ2) is 6.84. The molecule has 0 aliphatic heterocycles. The predicted octanol–water partition coefficient (Wildman–Crippen LogP) is 1.66. The monoisotopic (exact) mass is 301 g/mol. The van der Waals surface area contributed by atoms with Crippen molar-refractivity contribution in [2.24, 2.45) is 0 Å². The molecule has 1 aromatic heterocycles. The van der Waals surface area contributed by atoms with Gasteiger partial charge in [0.15, 0.2) is 0 Å². The number of hydrogen-bond donors (Lipinski definition) is 2. The van der Waals surface area contributed by atoms with Crippen LogP contribution in [0.5, 0.6) is 0 Å². The Bertz CT molecular complexity index is 705. The number of nitro benzene ring substituents is 1. The maximum absolute atomic E-state index is 11.7. The van der Waals surface area contributed by atoms with Gasteiger partial charge in [-0.25, -0.2) is 0 Å². The zero-order valence-corrected chi connectivity index (χ0v) is 11.2. The van der Waals surface area contributed by atoms with E-state index in [4.69, 9.17) is 4.42 Å². The van der Waals surface area contributed by atoms with Crippen LogP contribution in [0.4, 0.5) is 5.69 Å². The molecule has 0 atom stereocenters. The van der Waals surface area contributed by atoms with E-state index in [9.17, 15) is 19.7 Å². The Morgan fingerprint density at radius 1 is 1.14 bits per heavy atom. The molecule has 2 rings (SSSR count). The van der Waals surface area contributed by atoms with Crippen molar-refractivity contribution in [1.82, 2.24) is 10.9 Å². The highest BCUT2D eigenvalue weighted by Gasteiger charge is 2.09. The second-order valence-electron chi connectivity index (χ2n) is 4.10. The molecule has 2 aromatic rings. The van der Waals surface area contributed by atoms with Crippen LogP contribution >= 0.6 is 0 Å². The molecule has 0 spiro atoms. The minimum atomic E-state index is -0.588. The summed E-state index contributed by atoms with van der Waals surface area (Å²) in [6, 6.07) is 8.32. The van der Waals surface area contributed by atoms with Gasteiger partial charge in [0.1, 0.15) is 5.76 Å². The minimum absolute atomic E-state index is 0.123. The lowest BCUT2D eigenvalue weighted by Gasteiger charge is -2.04. The third kappa shape index (κ3) is 4.04. The predicted molar refractivity (Wildman–Crippen MR) is 76.4 cm³/mol. The minimum Gasteiger partial charge on any atom is -0.465 e. The Labute approximate surface area is 124 Å². The number of nitrogens with zero attached hydrogens (tertiary/aromatic N) is 1. The SMILES string of the molecule is O=C(/C=C/c1ccco1)NNC(=O)c1ccc([N+](=O)[O-])cc1. The van der Waals surface area contributed by atoms with Crippen molar-refractivity contribution >= 4 is 23.6 Å². The van der Waals surface area contributed by atoms with E-state index < -0.39 is 16.7 Å². The Balaban J connectivity index is 1.86. The summed E-state index contributed by atoms with van der Waals surface area (Å²) in [5.41, 5.74) is 4.43. The zero-order valence-electron chi connectivity index (χ0n) is 11.2. The van der Waals surface area contributed by atoms with Crippen LogP contribution in [0.3, 0.4) is 0 Å². The summed E-state index contributed by atoms with van der Waals surface area (Å²) in [7, 11) is 0. The molecule has 1 heterocycles. The molecule has 22 heavy (non-hydrogen) atoms. The number of amides is 2. The quantitative estimate of drug-likeness (QED) is 0.506. The molecule has 112 valence electrons. The fourth-order valence-electron chi connectivity index (χ4n) is 1.51. The van der Waals surface area contributed by atoms with Crippen molar-refractivity contribution < 1.29 is 18.9 Å². The number of hydrazine groups is 1. The van der Waals surface area contributed by atoms with E-state index in [0.29, 0.717) is 5.76 Å². The van der Waals surface area contributed by atoms with Crippen LogP contribution in [0.1, 0.15) is 16.1 Å². The number of rotatable bonds is 4. The number of nitrogens with one attached hydrogen (secondary N) is 2. The molecule has 2 N–H and O–H groups in total. The Kier molecular flexibility index (Phi) is 4.66. The van der Waals surface area contributed by atoms with Crippen molar-refractivity contribution in [3.63, 3.8) is 0 Å². The maximum Gasteiger partial charge on any atom is 0.269 e. The van der Waals surface area contributed by atoms with Gasteiger partial charge >= 0.3 is 0 Å². The molecule has 0 radical (unpaired) electrons. The van der Waals surface area contributed by atoms with Crippen LogP contribution in [-0.2, 0) is 4.79 Å². The van der Waals surface area contributed by atoms with Gasteiger partial charge in [-0.05, 0) is 30.3 Å².